The molecule has 0 atom stereocenters. The third-order valence-corrected chi connectivity index (χ3v) is 4.56. The van der Waals surface area contributed by atoms with Gasteiger partial charge in [0.2, 0.25) is 11.8 Å². The molecule has 2 heterocycles. The van der Waals surface area contributed by atoms with Gasteiger partial charge in [0.25, 0.3) is 0 Å². The highest BCUT2D eigenvalue weighted by molar-refractivity contribution is 5.95. The van der Waals surface area contributed by atoms with E-state index in [1.807, 2.05) is 6.07 Å². The van der Waals surface area contributed by atoms with E-state index in [1.165, 1.54) is 6.92 Å². The molecular weight excluding hydrogens is 332 g/mol. The molecule has 4 rings (SSSR count). The van der Waals surface area contributed by atoms with Gasteiger partial charge in [0.15, 0.2) is 0 Å². The zero-order chi connectivity index (χ0) is 18.1. The van der Waals surface area contributed by atoms with E-state index in [1.54, 1.807) is 24.3 Å². The van der Waals surface area contributed by atoms with Crippen molar-refractivity contribution in [1.82, 2.24) is 0 Å². The van der Waals surface area contributed by atoms with Crippen LogP contribution in [-0.2, 0) is 28.9 Å². The van der Waals surface area contributed by atoms with Gasteiger partial charge in [-0.1, -0.05) is 6.07 Å². The van der Waals surface area contributed by atoms with Crippen molar-refractivity contribution in [3.63, 3.8) is 0 Å². The minimum Gasteiger partial charge on any atom is -0.493 e. The topological polar surface area (TPSA) is 76.7 Å². The van der Waals surface area contributed by atoms with E-state index in [0.29, 0.717) is 24.6 Å². The number of rotatable bonds is 4. The average Bonchev–Trinajstić information content (AvgIpc) is 3.23. The number of hydrogen-bond acceptors (Lipinski definition) is 4. The first kappa shape index (κ1) is 16.4. The second-order valence-corrected chi connectivity index (χ2v) is 6.50. The molecule has 0 aliphatic carbocycles. The Morgan fingerprint density at radius 2 is 1.81 bits per heavy atom. The molecule has 0 aromatic heterocycles. The number of carbonyl (C=O) groups excluding carboxylic acids is 2. The summed E-state index contributed by atoms with van der Waals surface area (Å²) in [7, 11) is 0. The maximum absolute atomic E-state index is 12.6. The predicted octanol–water partition coefficient (Wildman–Crippen LogP) is 2.70. The highest BCUT2D eigenvalue weighted by Gasteiger charge is 2.27. The van der Waals surface area contributed by atoms with Crippen molar-refractivity contribution in [1.29, 1.82) is 0 Å². The number of fused-ring (bicyclic) bond motifs is 2. The lowest BCUT2D eigenvalue weighted by Crippen LogP contribution is -2.16. The molecule has 0 saturated carbocycles. The Kier molecular flexibility index (Phi) is 4.24. The summed E-state index contributed by atoms with van der Waals surface area (Å²) in [5, 5.41) is 5.61. The Bertz CT molecular complexity index is 859. The molecule has 0 radical (unpaired) electrons. The van der Waals surface area contributed by atoms with Gasteiger partial charge in [-0.05, 0) is 24.3 Å². The number of nitrogens with one attached hydrogen (secondary N) is 2. The van der Waals surface area contributed by atoms with Crippen LogP contribution in [0.3, 0.4) is 0 Å². The second kappa shape index (κ2) is 6.71. The molecule has 2 amide bonds. The molecule has 0 fully saturated rings. The highest BCUT2D eigenvalue weighted by atomic mass is 16.5. The summed E-state index contributed by atoms with van der Waals surface area (Å²) in [6, 6.07) is 9.14. The Balaban J connectivity index is 1.54. The van der Waals surface area contributed by atoms with Crippen LogP contribution < -0.4 is 20.1 Å². The first-order valence-corrected chi connectivity index (χ1v) is 8.71. The first-order valence-electron chi connectivity index (χ1n) is 8.71. The molecule has 2 aliphatic rings. The average molecular weight is 352 g/mol. The van der Waals surface area contributed by atoms with E-state index in [-0.39, 0.29) is 18.2 Å². The number of anilines is 2. The zero-order valence-corrected chi connectivity index (χ0v) is 14.6. The lowest BCUT2D eigenvalue weighted by atomic mass is 9.97. The number of amides is 2. The van der Waals surface area contributed by atoms with Gasteiger partial charge in [-0.2, -0.15) is 0 Å². The fourth-order valence-corrected chi connectivity index (χ4v) is 3.52. The van der Waals surface area contributed by atoms with Crippen LogP contribution in [0.2, 0.25) is 0 Å². The molecule has 6 heteroatoms. The van der Waals surface area contributed by atoms with Crippen LogP contribution in [0.25, 0.3) is 0 Å². The Hall–Kier alpha value is -3.02. The van der Waals surface area contributed by atoms with Gasteiger partial charge >= 0.3 is 0 Å². The van der Waals surface area contributed by atoms with Gasteiger partial charge in [-0.3, -0.25) is 9.59 Å². The summed E-state index contributed by atoms with van der Waals surface area (Å²) in [6.07, 6.45) is 1.88. The third-order valence-electron chi connectivity index (χ3n) is 4.56. The molecule has 2 aromatic carbocycles. The molecule has 134 valence electrons. The lowest BCUT2D eigenvalue weighted by molar-refractivity contribution is -0.116. The molecule has 0 spiro atoms. The molecule has 26 heavy (non-hydrogen) atoms. The number of carbonyl (C=O) groups is 2. The van der Waals surface area contributed by atoms with Crippen molar-refractivity contribution in [3.8, 4) is 11.5 Å². The Labute approximate surface area is 151 Å². The Morgan fingerprint density at radius 1 is 1.04 bits per heavy atom. The summed E-state index contributed by atoms with van der Waals surface area (Å²) < 4.78 is 11.5. The monoisotopic (exact) mass is 352 g/mol. The minimum atomic E-state index is -0.152. The fraction of sp³-hybridized carbons (Fsp3) is 0.300. The summed E-state index contributed by atoms with van der Waals surface area (Å²) in [5.41, 5.74) is 4.41. The molecule has 0 unspecified atom stereocenters. The maximum Gasteiger partial charge on any atom is 0.228 e. The van der Waals surface area contributed by atoms with Crippen molar-refractivity contribution in [2.24, 2.45) is 0 Å². The van der Waals surface area contributed by atoms with Crippen molar-refractivity contribution < 1.29 is 19.1 Å². The molecule has 2 N–H and O–H groups in total. The predicted molar refractivity (Wildman–Crippen MR) is 97.9 cm³/mol. The second-order valence-electron chi connectivity index (χ2n) is 6.50. The van der Waals surface area contributed by atoms with Gasteiger partial charge in [0.1, 0.15) is 11.5 Å². The highest BCUT2D eigenvalue weighted by Crippen LogP contribution is 2.40. The summed E-state index contributed by atoms with van der Waals surface area (Å²) in [4.78, 5) is 23.8. The maximum atomic E-state index is 12.6. The van der Waals surface area contributed by atoms with Gasteiger partial charge in [0, 0.05) is 47.8 Å². The molecular formula is C20H20N2O4. The van der Waals surface area contributed by atoms with E-state index in [0.717, 1.165) is 41.0 Å². The van der Waals surface area contributed by atoms with Crippen molar-refractivity contribution >= 4 is 23.2 Å². The number of benzene rings is 2. The lowest BCUT2D eigenvalue weighted by Gasteiger charge is -2.13. The summed E-state index contributed by atoms with van der Waals surface area (Å²) in [6.45, 7) is 2.74. The number of hydrogen-bond donors (Lipinski definition) is 2. The minimum absolute atomic E-state index is 0.122. The van der Waals surface area contributed by atoms with Crippen molar-refractivity contribution in [2.75, 3.05) is 23.8 Å². The van der Waals surface area contributed by atoms with Crippen molar-refractivity contribution in [3.05, 3.63) is 47.0 Å². The molecule has 2 aromatic rings. The largest absolute Gasteiger partial charge is 0.493 e. The molecule has 0 bridgehead atoms. The summed E-state index contributed by atoms with van der Waals surface area (Å²) in [5.74, 6) is 1.45. The van der Waals surface area contributed by atoms with Crippen LogP contribution in [0.15, 0.2) is 30.3 Å². The smallest absolute Gasteiger partial charge is 0.228 e. The van der Waals surface area contributed by atoms with Crippen LogP contribution in [-0.4, -0.2) is 25.0 Å². The first-order chi connectivity index (χ1) is 12.6. The van der Waals surface area contributed by atoms with Crippen LogP contribution in [0, 0.1) is 0 Å². The van der Waals surface area contributed by atoms with Gasteiger partial charge in [-0.25, -0.2) is 0 Å². The SMILES string of the molecule is CC(=O)Nc1cccc(NC(=O)Cc2c3c(cc4c2OCC4)OCC3)c1. The van der Waals surface area contributed by atoms with Crippen molar-refractivity contribution in [2.45, 2.75) is 26.2 Å². The van der Waals surface area contributed by atoms with E-state index in [4.69, 9.17) is 9.47 Å². The fourth-order valence-electron chi connectivity index (χ4n) is 3.52. The third kappa shape index (κ3) is 3.22. The van der Waals surface area contributed by atoms with Crippen LogP contribution in [0.5, 0.6) is 11.5 Å². The summed E-state index contributed by atoms with van der Waals surface area (Å²) >= 11 is 0. The molecule has 2 aliphatic heterocycles. The van der Waals surface area contributed by atoms with E-state index in [2.05, 4.69) is 10.6 Å². The van der Waals surface area contributed by atoms with Gasteiger partial charge < -0.3 is 20.1 Å². The standard InChI is InChI=1S/C20H20N2O4/c1-12(23)21-14-3-2-4-15(10-14)22-19(24)11-17-16-6-8-25-18(16)9-13-5-7-26-20(13)17/h2-4,9-10H,5-8,11H2,1H3,(H,21,23)(H,22,24). The van der Waals surface area contributed by atoms with Gasteiger partial charge in [0.05, 0.1) is 19.6 Å². The van der Waals surface area contributed by atoms with Crippen LogP contribution >= 0.6 is 0 Å². The Morgan fingerprint density at radius 3 is 2.62 bits per heavy atom. The number of ether oxygens (including phenoxy) is 2. The molecule has 6 nitrogen and oxygen atoms in total. The normalized spacial score (nSPS) is 14.0. The van der Waals surface area contributed by atoms with E-state index in [9.17, 15) is 9.59 Å². The molecule has 0 saturated heterocycles. The zero-order valence-electron chi connectivity index (χ0n) is 14.6. The quantitative estimate of drug-likeness (QED) is 0.887. The van der Waals surface area contributed by atoms with Gasteiger partial charge in [-0.15, -0.1) is 0 Å². The van der Waals surface area contributed by atoms with Crippen LogP contribution in [0.4, 0.5) is 11.4 Å². The van der Waals surface area contributed by atoms with E-state index >= 15 is 0 Å². The van der Waals surface area contributed by atoms with E-state index < -0.39 is 0 Å². The van der Waals surface area contributed by atoms with Crippen LogP contribution in [0.1, 0.15) is 23.6 Å².